The predicted molar refractivity (Wildman–Crippen MR) is 74.8 cm³/mol. The molecule has 0 spiro atoms. The molecule has 1 aromatic heterocycles. The molecule has 1 aliphatic carbocycles. The van der Waals surface area contributed by atoms with Gasteiger partial charge in [0.2, 0.25) is 5.89 Å². The minimum atomic E-state index is -3.76. The molecule has 1 N–H and O–H groups in total. The van der Waals surface area contributed by atoms with E-state index in [1.807, 2.05) is 0 Å². The Morgan fingerprint density at radius 2 is 2.10 bits per heavy atom. The standard InChI is InChI=1S/C13H15N3O4S/c1-8-7-10(19-2)5-6-11(8)21(17,18)16-13-15-14-12(20-13)9-3-4-9/h5-7,9H,3-4H2,1-2H3,(H,15,16). The maximum atomic E-state index is 12.3. The average molecular weight is 309 g/mol. The van der Waals surface area contributed by atoms with Gasteiger partial charge in [0.15, 0.2) is 0 Å². The quantitative estimate of drug-likeness (QED) is 0.908. The Balaban J connectivity index is 1.85. The number of hydrogen-bond acceptors (Lipinski definition) is 6. The van der Waals surface area contributed by atoms with Crippen molar-refractivity contribution >= 4 is 16.0 Å². The number of rotatable bonds is 5. The molecule has 1 saturated carbocycles. The number of aryl methyl sites for hydroxylation is 1. The Bertz CT molecular complexity index is 765. The van der Waals surface area contributed by atoms with Crippen LogP contribution in [-0.4, -0.2) is 25.7 Å². The third-order valence-corrected chi connectivity index (χ3v) is 4.74. The van der Waals surface area contributed by atoms with E-state index >= 15 is 0 Å². The lowest BCUT2D eigenvalue weighted by atomic mass is 10.2. The third-order valence-electron chi connectivity index (χ3n) is 3.26. The summed E-state index contributed by atoms with van der Waals surface area (Å²) < 4.78 is 37.4. The van der Waals surface area contributed by atoms with E-state index in [0.717, 1.165) is 12.8 Å². The van der Waals surface area contributed by atoms with Gasteiger partial charge in [0.1, 0.15) is 5.75 Å². The smallest absolute Gasteiger partial charge is 0.329 e. The minimum absolute atomic E-state index is 0.105. The summed E-state index contributed by atoms with van der Waals surface area (Å²) in [5, 5.41) is 7.56. The molecule has 0 amide bonds. The fourth-order valence-corrected chi connectivity index (χ4v) is 3.14. The Kier molecular flexibility index (Phi) is 3.32. The summed E-state index contributed by atoms with van der Waals surface area (Å²) in [4.78, 5) is 0.148. The fourth-order valence-electron chi connectivity index (χ4n) is 1.99. The zero-order chi connectivity index (χ0) is 15.0. The molecule has 2 aromatic rings. The van der Waals surface area contributed by atoms with Gasteiger partial charge >= 0.3 is 6.01 Å². The van der Waals surface area contributed by atoms with Crippen molar-refractivity contribution in [1.82, 2.24) is 10.2 Å². The van der Waals surface area contributed by atoms with Crippen LogP contribution < -0.4 is 9.46 Å². The number of methoxy groups -OCH3 is 1. The van der Waals surface area contributed by atoms with E-state index in [-0.39, 0.29) is 16.8 Å². The van der Waals surface area contributed by atoms with Crippen LogP contribution in [0.15, 0.2) is 27.5 Å². The molecule has 0 radical (unpaired) electrons. The molecule has 0 unspecified atom stereocenters. The summed E-state index contributed by atoms with van der Waals surface area (Å²) in [7, 11) is -2.24. The lowest BCUT2D eigenvalue weighted by Crippen LogP contribution is -2.14. The molecule has 0 atom stereocenters. The van der Waals surface area contributed by atoms with Crippen LogP contribution in [0.2, 0.25) is 0 Å². The van der Waals surface area contributed by atoms with Gasteiger partial charge < -0.3 is 9.15 Å². The molecular weight excluding hydrogens is 294 g/mol. The SMILES string of the molecule is COc1ccc(S(=O)(=O)Nc2nnc(C3CC3)o2)c(C)c1. The molecule has 0 aliphatic heterocycles. The Morgan fingerprint density at radius 1 is 1.33 bits per heavy atom. The first-order valence-electron chi connectivity index (χ1n) is 6.50. The first-order valence-corrected chi connectivity index (χ1v) is 7.99. The van der Waals surface area contributed by atoms with Crippen molar-refractivity contribution < 1.29 is 17.6 Å². The molecule has 3 rings (SSSR count). The zero-order valence-corrected chi connectivity index (χ0v) is 12.5. The van der Waals surface area contributed by atoms with E-state index in [0.29, 0.717) is 17.2 Å². The summed E-state index contributed by atoms with van der Waals surface area (Å²) in [6, 6.07) is 4.62. The monoisotopic (exact) mass is 309 g/mol. The van der Waals surface area contributed by atoms with Crippen molar-refractivity contribution in [3.05, 3.63) is 29.7 Å². The van der Waals surface area contributed by atoms with Crippen LogP contribution in [0.1, 0.15) is 30.2 Å². The Labute approximate surface area is 122 Å². The maximum Gasteiger partial charge on any atom is 0.329 e. The summed E-state index contributed by atoms with van der Waals surface area (Å²) in [5.74, 6) is 1.36. The number of benzene rings is 1. The molecule has 0 bridgehead atoms. The van der Waals surface area contributed by atoms with Gasteiger partial charge in [0.05, 0.1) is 12.0 Å². The van der Waals surface area contributed by atoms with Gasteiger partial charge in [-0.2, -0.15) is 0 Å². The van der Waals surface area contributed by atoms with E-state index in [4.69, 9.17) is 9.15 Å². The van der Waals surface area contributed by atoms with Crippen LogP contribution in [0, 0.1) is 6.92 Å². The molecule has 1 aliphatic rings. The highest BCUT2D eigenvalue weighted by Gasteiger charge is 2.30. The number of sulfonamides is 1. The molecule has 21 heavy (non-hydrogen) atoms. The van der Waals surface area contributed by atoms with Gasteiger partial charge in [-0.25, -0.2) is 13.1 Å². The van der Waals surface area contributed by atoms with Crippen molar-refractivity contribution in [2.24, 2.45) is 0 Å². The van der Waals surface area contributed by atoms with Crippen LogP contribution in [0.25, 0.3) is 0 Å². The molecule has 8 heteroatoms. The molecule has 0 saturated heterocycles. The highest BCUT2D eigenvalue weighted by molar-refractivity contribution is 7.92. The first-order chi connectivity index (χ1) is 9.99. The number of aromatic nitrogens is 2. The number of anilines is 1. The molecule has 7 nitrogen and oxygen atoms in total. The van der Waals surface area contributed by atoms with Crippen molar-refractivity contribution in [3.63, 3.8) is 0 Å². The average Bonchev–Trinajstić information content (AvgIpc) is 3.19. The van der Waals surface area contributed by atoms with Gasteiger partial charge in [0, 0.05) is 5.92 Å². The normalized spacial score (nSPS) is 15.0. The Hall–Kier alpha value is -2.09. The van der Waals surface area contributed by atoms with Crippen molar-refractivity contribution in [3.8, 4) is 5.75 Å². The lowest BCUT2D eigenvalue weighted by molar-refractivity contribution is 0.414. The van der Waals surface area contributed by atoms with Crippen LogP contribution >= 0.6 is 0 Å². The van der Waals surface area contributed by atoms with E-state index in [9.17, 15) is 8.42 Å². The summed E-state index contributed by atoms with van der Waals surface area (Å²) in [6.07, 6.45) is 2.01. The second kappa shape index (κ2) is 5.03. The van der Waals surface area contributed by atoms with Crippen LogP contribution in [0.5, 0.6) is 5.75 Å². The van der Waals surface area contributed by atoms with Gasteiger partial charge in [-0.1, -0.05) is 5.10 Å². The summed E-state index contributed by atoms with van der Waals surface area (Å²) in [5.41, 5.74) is 0.573. The first kappa shape index (κ1) is 13.9. The van der Waals surface area contributed by atoms with E-state index in [1.165, 1.54) is 13.2 Å². The van der Waals surface area contributed by atoms with Gasteiger partial charge in [-0.05, 0) is 43.5 Å². The van der Waals surface area contributed by atoms with Crippen molar-refractivity contribution in [2.75, 3.05) is 11.8 Å². The second-order valence-corrected chi connectivity index (χ2v) is 6.61. The summed E-state index contributed by atoms with van der Waals surface area (Å²) >= 11 is 0. The topological polar surface area (TPSA) is 94.3 Å². The van der Waals surface area contributed by atoms with Crippen LogP contribution in [0.4, 0.5) is 6.01 Å². The summed E-state index contributed by atoms with van der Waals surface area (Å²) in [6.45, 7) is 1.69. The van der Waals surface area contributed by atoms with Crippen LogP contribution in [0.3, 0.4) is 0 Å². The second-order valence-electron chi connectivity index (χ2n) is 4.96. The number of ether oxygens (including phenoxy) is 1. The predicted octanol–water partition coefficient (Wildman–Crippen LogP) is 2.06. The Morgan fingerprint density at radius 3 is 2.71 bits per heavy atom. The molecule has 1 aromatic carbocycles. The molecule has 1 heterocycles. The highest BCUT2D eigenvalue weighted by Crippen LogP contribution is 2.39. The number of hydrogen-bond donors (Lipinski definition) is 1. The van der Waals surface area contributed by atoms with E-state index < -0.39 is 10.0 Å². The zero-order valence-electron chi connectivity index (χ0n) is 11.7. The largest absolute Gasteiger partial charge is 0.497 e. The molecule has 112 valence electrons. The highest BCUT2D eigenvalue weighted by atomic mass is 32.2. The molecular formula is C13H15N3O4S. The fraction of sp³-hybridized carbons (Fsp3) is 0.385. The minimum Gasteiger partial charge on any atom is -0.497 e. The molecule has 1 fully saturated rings. The van der Waals surface area contributed by atoms with E-state index in [2.05, 4.69) is 14.9 Å². The van der Waals surface area contributed by atoms with Crippen molar-refractivity contribution in [1.29, 1.82) is 0 Å². The van der Waals surface area contributed by atoms with Crippen molar-refractivity contribution in [2.45, 2.75) is 30.6 Å². The maximum absolute atomic E-state index is 12.3. The lowest BCUT2D eigenvalue weighted by Gasteiger charge is -2.08. The van der Waals surface area contributed by atoms with Gasteiger partial charge in [-0.3, -0.25) is 0 Å². The number of nitrogens with one attached hydrogen (secondary N) is 1. The number of nitrogens with zero attached hydrogens (tertiary/aromatic N) is 2. The van der Waals surface area contributed by atoms with E-state index in [1.54, 1.807) is 19.1 Å². The van der Waals surface area contributed by atoms with Gasteiger partial charge in [-0.15, -0.1) is 5.10 Å². The third kappa shape index (κ3) is 2.85. The van der Waals surface area contributed by atoms with Gasteiger partial charge in [0.25, 0.3) is 10.0 Å². The van der Waals surface area contributed by atoms with Crippen LogP contribution in [-0.2, 0) is 10.0 Å².